The molecule has 2 saturated heterocycles. The van der Waals surface area contributed by atoms with E-state index in [1.807, 2.05) is 24.0 Å². The predicted octanol–water partition coefficient (Wildman–Crippen LogP) is 1.49. The lowest BCUT2D eigenvalue weighted by Crippen LogP contribution is -2.42. The van der Waals surface area contributed by atoms with Gasteiger partial charge in [0.05, 0.1) is 5.56 Å². The van der Waals surface area contributed by atoms with Crippen LogP contribution in [0.5, 0.6) is 11.8 Å². The molecular weight excluding hydrogens is 446 g/mol. The molecule has 2 aliphatic rings. The lowest BCUT2D eigenvalue weighted by atomic mass is 10.1. The Kier molecular flexibility index (Phi) is 9.52. The first kappa shape index (κ1) is 25.0. The fourth-order valence-corrected chi connectivity index (χ4v) is 3.71. The molecule has 4 rings (SSSR count). The van der Waals surface area contributed by atoms with Crippen molar-refractivity contribution in [1.82, 2.24) is 25.2 Å². The van der Waals surface area contributed by atoms with Crippen molar-refractivity contribution in [3.8, 4) is 11.8 Å². The van der Waals surface area contributed by atoms with Crippen molar-refractivity contribution < 1.29 is 23.0 Å². The second-order valence-corrected chi connectivity index (χ2v) is 8.70. The van der Waals surface area contributed by atoms with Crippen LogP contribution in [0.15, 0.2) is 30.7 Å². The number of carbonyl (C=O) groups excluding carboxylic acids is 1. The molecule has 1 atom stereocenters. The molecule has 0 saturated carbocycles. The molecule has 0 radical (unpaired) electrons. The number of nitrogens with one attached hydrogen (secondary N) is 1. The van der Waals surface area contributed by atoms with E-state index in [1.54, 1.807) is 12.3 Å². The summed E-state index contributed by atoms with van der Waals surface area (Å²) >= 11 is -1.86. The van der Waals surface area contributed by atoms with Crippen molar-refractivity contribution in [2.45, 2.75) is 44.8 Å². The van der Waals surface area contributed by atoms with Gasteiger partial charge in [0.2, 0.25) is 11.8 Å². The lowest BCUT2D eigenvalue weighted by Gasteiger charge is -2.32. The molecule has 0 bridgehead atoms. The SMILES string of the molecule is CS(=O)[O-].Cc1c(OC2CCNCC2)ncnc1OC1CCN(C(=O)c2ccccn2)CC1. The second kappa shape index (κ2) is 12.6. The van der Waals surface area contributed by atoms with Crippen molar-refractivity contribution in [3.63, 3.8) is 0 Å². The molecule has 4 heterocycles. The monoisotopic (exact) mass is 476 g/mol. The summed E-state index contributed by atoms with van der Waals surface area (Å²) in [6.45, 7) is 5.15. The van der Waals surface area contributed by atoms with Gasteiger partial charge in [-0.05, 0) is 51.2 Å². The van der Waals surface area contributed by atoms with E-state index in [0.29, 0.717) is 30.5 Å². The van der Waals surface area contributed by atoms with Gasteiger partial charge in [0, 0.05) is 32.1 Å². The summed E-state index contributed by atoms with van der Waals surface area (Å²) < 4.78 is 30.2. The molecular formula is C22H30N5O5S-. The highest BCUT2D eigenvalue weighted by Gasteiger charge is 2.26. The number of likely N-dealkylation sites (tertiary alicyclic amines) is 1. The van der Waals surface area contributed by atoms with Gasteiger partial charge < -0.3 is 24.2 Å². The number of aromatic nitrogens is 3. The zero-order valence-corrected chi connectivity index (χ0v) is 19.8. The minimum atomic E-state index is -1.86. The van der Waals surface area contributed by atoms with Crippen LogP contribution in [0.4, 0.5) is 0 Å². The van der Waals surface area contributed by atoms with Gasteiger partial charge in [0.15, 0.2) is 0 Å². The average molecular weight is 477 g/mol. The third-order valence-electron chi connectivity index (χ3n) is 5.45. The van der Waals surface area contributed by atoms with Gasteiger partial charge in [0.25, 0.3) is 5.91 Å². The zero-order valence-electron chi connectivity index (χ0n) is 18.9. The molecule has 33 heavy (non-hydrogen) atoms. The Bertz CT molecular complexity index is 915. The lowest BCUT2D eigenvalue weighted by molar-refractivity contribution is 0.0579. The van der Waals surface area contributed by atoms with Gasteiger partial charge in [-0.25, -0.2) is 9.97 Å². The molecule has 2 aromatic rings. The Morgan fingerprint density at radius 1 is 1.06 bits per heavy atom. The van der Waals surface area contributed by atoms with Crippen LogP contribution in [0.1, 0.15) is 41.7 Å². The molecule has 2 fully saturated rings. The number of piperidine rings is 2. The van der Waals surface area contributed by atoms with E-state index in [1.165, 1.54) is 6.33 Å². The summed E-state index contributed by atoms with van der Waals surface area (Å²) in [5.74, 6) is 1.14. The number of hydrogen-bond acceptors (Lipinski definition) is 9. The Morgan fingerprint density at radius 3 is 2.18 bits per heavy atom. The summed E-state index contributed by atoms with van der Waals surface area (Å²) in [6.07, 6.45) is 7.88. The van der Waals surface area contributed by atoms with Crippen LogP contribution in [-0.2, 0) is 11.1 Å². The largest absolute Gasteiger partial charge is 0.773 e. The molecule has 2 aromatic heterocycles. The number of pyridine rings is 1. The summed E-state index contributed by atoms with van der Waals surface area (Å²) in [5, 5.41) is 3.33. The van der Waals surface area contributed by atoms with E-state index >= 15 is 0 Å². The number of nitrogens with zero attached hydrogens (tertiary/aromatic N) is 4. The fourth-order valence-electron chi connectivity index (χ4n) is 3.71. The maximum Gasteiger partial charge on any atom is 0.272 e. The van der Waals surface area contributed by atoms with Crippen molar-refractivity contribution in [3.05, 3.63) is 42.0 Å². The van der Waals surface area contributed by atoms with E-state index in [-0.39, 0.29) is 18.1 Å². The number of ether oxygens (including phenoxy) is 2. The molecule has 1 unspecified atom stereocenters. The predicted molar refractivity (Wildman–Crippen MR) is 122 cm³/mol. The van der Waals surface area contributed by atoms with Gasteiger partial charge in [-0.1, -0.05) is 17.1 Å². The summed E-state index contributed by atoms with van der Waals surface area (Å²) in [6, 6.07) is 5.39. The first-order chi connectivity index (χ1) is 15.9. The first-order valence-electron chi connectivity index (χ1n) is 11.0. The van der Waals surface area contributed by atoms with Gasteiger partial charge in [-0.2, -0.15) is 0 Å². The summed E-state index contributed by atoms with van der Waals surface area (Å²) in [4.78, 5) is 27.1. The summed E-state index contributed by atoms with van der Waals surface area (Å²) in [5.41, 5.74) is 1.32. The maximum absolute atomic E-state index is 12.5. The topological polar surface area (TPSA) is 130 Å². The Hall–Kier alpha value is -2.63. The van der Waals surface area contributed by atoms with Crippen LogP contribution in [-0.4, -0.2) is 79.2 Å². The minimum absolute atomic E-state index is 0.0168. The van der Waals surface area contributed by atoms with Gasteiger partial charge in [-0.15, -0.1) is 0 Å². The third kappa shape index (κ3) is 7.72. The quantitative estimate of drug-likeness (QED) is 0.638. The molecule has 0 spiro atoms. The van der Waals surface area contributed by atoms with Gasteiger partial charge in [0.1, 0.15) is 24.2 Å². The zero-order chi connectivity index (χ0) is 23.6. The minimum Gasteiger partial charge on any atom is -0.773 e. The van der Waals surface area contributed by atoms with Crippen LogP contribution in [0, 0.1) is 6.92 Å². The third-order valence-corrected chi connectivity index (χ3v) is 5.45. The van der Waals surface area contributed by atoms with Crippen molar-refractivity contribution >= 4 is 17.0 Å². The number of carbonyl (C=O) groups is 1. The van der Waals surface area contributed by atoms with E-state index in [0.717, 1.165) is 50.6 Å². The highest BCUT2D eigenvalue weighted by atomic mass is 32.2. The van der Waals surface area contributed by atoms with E-state index in [4.69, 9.17) is 18.2 Å². The number of hydrogen-bond donors (Lipinski definition) is 1. The van der Waals surface area contributed by atoms with Gasteiger partial charge in [-0.3, -0.25) is 14.0 Å². The maximum atomic E-state index is 12.5. The van der Waals surface area contributed by atoms with E-state index < -0.39 is 11.1 Å². The summed E-state index contributed by atoms with van der Waals surface area (Å²) in [7, 11) is 0. The fraction of sp³-hybridized carbons (Fsp3) is 0.545. The Morgan fingerprint density at radius 2 is 1.64 bits per heavy atom. The Balaban J connectivity index is 0.000000709. The van der Waals surface area contributed by atoms with Crippen molar-refractivity contribution in [1.29, 1.82) is 0 Å². The molecule has 1 N–H and O–H groups in total. The van der Waals surface area contributed by atoms with E-state index in [9.17, 15) is 4.79 Å². The molecule has 1 amide bonds. The molecule has 11 heteroatoms. The Labute approximate surface area is 196 Å². The molecule has 10 nitrogen and oxygen atoms in total. The van der Waals surface area contributed by atoms with Crippen molar-refractivity contribution in [2.24, 2.45) is 0 Å². The van der Waals surface area contributed by atoms with Crippen molar-refractivity contribution in [2.75, 3.05) is 32.4 Å². The van der Waals surface area contributed by atoms with Crippen LogP contribution in [0.25, 0.3) is 0 Å². The van der Waals surface area contributed by atoms with Crippen LogP contribution in [0.3, 0.4) is 0 Å². The normalized spacial score (nSPS) is 18.1. The number of amides is 1. The molecule has 0 aliphatic carbocycles. The number of rotatable bonds is 5. The highest BCUT2D eigenvalue weighted by Crippen LogP contribution is 2.27. The molecule has 2 aliphatic heterocycles. The van der Waals surface area contributed by atoms with Crippen LogP contribution < -0.4 is 14.8 Å². The van der Waals surface area contributed by atoms with Gasteiger partial charge >= 0.3 is 0 Å². The molecule has 180 valence electrons. The van der Waals surface area contributed by atoms with Crippen LogP contribution in [0.2, 0.25) is 0 Å². The second-order valence-electron chi connectivity index (χ2n) is 7.90. The van der Waals surface area contributed by atoms with E-state index in [2.05, 4.69) is 20.3 Å². The first-order valence-corrected chi connectivity index (χ1v) is 12.5. The van der Waals surface area contributed by atoms with Crippen LogP contribution >= 0.6 is 0 Å². The standard InChI is InChI=1S/C21H27N5O3.CH4O2S/c1-15-19(28-16-5-10-22-11-6-16)24-14-25-20(15)29-17-7-12-26(13-8-17)21(27)18-4-2-3-9-23-18;1-4(2)3/h2-4,9,14,16-17,22H,5-8,10-13H2,1H3;1H3,(H,2,3)/p-1. The highest BCUT2D eigenvalue weighted by molar-refractivity contribution is 7.78. The smallest absolute Gasteiger partial charge is 0.272 e. The average Bonchev–Trinajstić information content (AvgIpc) is 2.83. The molecule has 0 aromatic carbocycles.